The van der Waals surface area contributed by atoms with Gasteiger partial charge >= 0.3 is 0 Å². The van der Waals surface area contributed by atoms with Crippen LogP contribution in [0.5, 0.6) is 0 Å². The van der Waals surface area contributed by atoms with Gasteiger partial charge < -0.3 is 0 Å². The van der Waals surface area contributed by atoms with Gasteiger partial charge in [-0.25, -0.2) is 0 Å². The summed E-state index contributed by atoms with van der Waals surface area (Å²) in [5.74, 6) is 3.16. The Morgan fingerprint density at radius 1 is 0.880 bits per heavy atom. The molecule has 0 heterocycles. The SMILES string of the molecule is CC[C@H]1CC[C@H](CCC2CCC(CCC=CC=C(F)C#N)CC2)CC1. The van der Waals surface area contributed by atoms with Gasteiger partial charge in [0.15, 0.2) is 5.83 Å². The van der Waals surface area contributed by atoms with Gasteiger partial charge in [0.2, 0.25) is 0 Å². The average molecular weight is 346 g/mol. The molecule has 0 aromatic rings. The first-order chi connectivity index (χ1) is 12.2. The first-order valence-electron chi connectivity index (χ1n) is 10.6. The standard InChI is InChI=1S/C23H36FN/c1-2-19-8-10-21(11-9-19)16-17-22-14-12-20(13-15-22)6-4-3-5-7-23(24)18-25/h3,5,7,19-22H,2,4,6,8-17H2,1H3/t19-,20?,21-,22?. The van der Waals surface area contributed by atoms with E-state index in [0.717, 1.165) is 30.1 Å². The Morgan fingerprint density at radius 2 is 1.36 bits per heavy atom. The number of nitrogens with zero attached hydrogens (tertiary/aromatic N) is 1. The molecule has 0 N–H and O–H groups in total. The lowest BCUT2D eigenvalue weighted by atomic mass is 9.74. The van der Waals surface area contributed by atoms with E-state index in [-0.39, 0.29) is 0 Å². The van der Waals surface area contributed by atoms with Crippen molar-refractivity contribution in [2.45, 2.75) is 90.4 Å². The van der Waals surface area contributed by atoms with Crippen LogP contribution in [-0.4, -0.2) is 0 Å². The van der Waals surface area contributed by atoms with Gasteiger partial charge in [-0.05, 0) is 42.6 Å². The minimum atomic E-state index is -0.708. The molecule has 0 aromatic heterocycles. The Morgan fingerprint density at radius 3 is 1.84 bits per heavy atom. The predicted octanol–water partition coefficient (Wildman–Crippen LogP) is 7.50. The summed E-state index contributed by atoms with van der Waals surface area (Å²) in [6, 6.07) is 1.49. The van der Waals surface area contributed by atoms with Gasteiger partial charge in [-0.2, -0.15) is 9.65 Å². The Labute approximate surface area is 154 Å². The van der Waals surface area contributed by atoms with Gasteiger partial charge in [0.25, 0.3) is 0 Å². The summed E-state index contributed by atoms with van der Waals surface area (Å²) in [6.45, 7) is 2.35. The van der Waals surface area contributed by atoms with Crippen LogP contribution < -0.4 is 0 Å². The zero-order valence-electron chi connectivity index (χ0n) is 16.1. The third-order valence-corrected chi connectivity index (χ3v) is 6.72. The molecule has 2 heteroatoms. The van der Waals surface area contributed by atoms with Crippen LogP contribution in [0, 0.1) is 35.0 Å². The van der Waals surface area contributed by atoms with E-state index in [1.807, 2.05) is 6.08 Å². The van der Waals surface area contributed by atoms with Crippen molar-refractivity contribution in [2.24, 2.45) is 23.7 Å². The van der Waals surface area contributed by atoms with E-state index >= 15 is 0 Å². The summed E-state index contributed by atoms with van der Waals surface area (Å²) < 4.78 is 12.6. The van der Waals surface area contributed by atoms with Crippen LogP contribution in [0.4, 0.5) is 4.39 Å². The Hall–Kier alpha value is -1.10. The molecular formula is C23H36FN. The molecule has 2 fully saturated rings. The Balaban J connectivity index is 1.54. The maximum absolute atomic E-state index is 12.6. The van der Waals surface area contributed by atoms with Crippen LogP contribution in [0.2, 0.25) is 0 Å². The van der Waals surface area contributed by atoms with Gasteiger partial charge in [-0.15, -0.1) is 0 Å². The van der Waals surface area contributed by atoms with Crippen molar-refractivity contribution in [3.63, 3.8) is 0 Å². The van der Waals surface area contributed by atoms with Crippen molar-refractivity contribution in [3.05, 3.63) is 24.1 Å². The second kappa shape index (κ2) is 11.5. The monoisotopic (exact) mass is 345 g/mol. The number of halogens is 1. The zero-order valence-corrected chi connectivity index (χ0v) is 16.1. The first kappa shape index (κ1) is 20.2. The molecule has 0 spiro atoms. The van der Waals surface area contributed by atoms with E-state index in [4.69, 9.17) is 5.26 Å². The molecule has 0 radical (unpaired) electrons. The van der Waals surface area contributed by atoms with E-state index < -0.39 is 5.83 Å². The molecule has 0 aromatic carbocycles. The zero-order chi connectivity index (χ0) is 17.9. The summed E-state index contributed by atoms with van der Waals surface area (Å²) in [7, 11) is 0. The van der Waals surface area contributed by atoms with E-state index in [1.54, 1.807) is 6.08 Å². The maximum atomic E-state index is 12.6. The van der Waals surface area contributed by atoms with Crippen LogP contribution >= 0.6 is 0 Å². The van der Waals surface area contributed by atoms with Crippen LogP contribution in [0.15, 0.2) is 24.1 Å². The summed E-state index contributed by atoms with van der Waals surface area (Å²) in [4.78, 5) is 0. The number of hydrogen-bond donors (Lipinski definition) is 0. The van der Waals surface area contributed by atoms with Gasteiger partial charge in [0.1, 0.15) is 6.07 Å². The van der Waals surface area contributed by atoms with Crippen LogP contribution in [0.25, 0.3) is 0 Å². The highest BCUT2D eigenvalue weighted by atomic mass is 19.1. The highest BCUT2D eigenvalue weighted by Crippen LogP contribution is 2.38. The third kappa shape index (κ3) is 7.76. The normalized spacial score (nSPS) is 31.2. The molecule has 1 nitrogen and oxygen atoms in total. The molecule has 25 heavy (non-hydrogen) atoms. The number of allylic oxidation sites excluding steroid dienone is 4. The molecule has 0 bridgehead atoms. The average Bonchev–Trinajstić information content (AvgIpc) is 2.67. The van der Waals surface area contributed by atoms with Crippen molar-refractivity contribution in [3.8, 4) is 6.07 Å². The van der Waals surface area contributed by atoms with Crippen molar-refractivity contribution in [1.29, 1.82) is 5.26 Å². The van der Waals surface area contributed by atoms with Crippen LogP contribution in [0.1, 0.15) is 90.4 Å². The lowest BCUT2D eigenvalue weighted by molar-refractivity contribution is 0.212. The number of hydrogen-bond acceptors (Lipinski definition) is 1. The molecule has 2 aliphatic carbocycles. The van der Waals surface area contributed by atoms with Gasteiger partial charge in [-0.3, -0.25) is 0 Å². The van der Waals surface area contributed by atoms with Crippen molar-refractivity contribution >= 4 is 0 Å². The summed E-state index contributed by atoms with van der Waals surface area (Å²) in [5, 5.41) is 8.34. The van der Waals surface area contributed by atoms with Gasteiger partial charge in [-0.1, -0.05) is 89.7 Å². The maximum Gasteiger partial charge on any atom is 0.199 e. The van der Waals surface area contributed by atoms with E-state index in [2.05, 4.69) is 6.92 Å². The molecule has 2 saturated carbocycles. The quantitative estimate of drug-likeness (QED) is 0.330. The van der Waals surface area contributed by atoms with Gasteiger partial charge in [0.05, 0.1) is 0 Å². The fraction of sp³-hybridized carbons (Fsp3) is 0.783. The lowest BCUT2D eigenvalue weighted by Gasteiger charge is -2.31. The molecule has 0 saturated heterocycles. The fourth-order valence-electron chi connectivity index (χ4n) is 4.83. The molecule has 0 amide bonds. The van der Waals surface area contributed by atoms with Crippen LogP contribution in [-0.2, 0) is 0 Å². The highest BCUT2D eigenvalue weighted by molar-refractivity contribution is 5.18. The van der Waals surface area contributed by atoms with Crippen LogP contribution in [0.3, 0.4) is 0 Å². The molecule has 2 rings (SSSR count). The minimum Gasteiger partial charge on any atom is -0.195 e. The number of rotatable bonds is 8. The molecule has 0 atom stereocenters. The summed E-state index contributed by atoms with van der Waals surface area (Å²) >= 11 is 0. The lowest BCUT2D eigenvalue weighted by Crippen LogP contribution is -2.18. The smallest absolute Gasteiger partial charge is 0.195 e. The highest BCUT2D eigenvalue weighted by Gasteiger charge is 2.24. The first-order valence-corrected chi connectivity index (χ1v) is 10.6. The topological polar surface area (TPSA) is 23.8 Å². The fourth-order valence-corrected chi connectivity index (χ4v) is 4.83. The molecule has 0 aliphatic heterocycles. The van der Waals surface area contributed by atoms with Crippen molar-refractivity contribution in [2.75, 3.05) is 0 Å². The Kier molecular flexibility index (Phi) is 9.30. The minimum absolute atomic E-state index is 0.708. The third-order valence-electron chi connectivity index (χ3n) is 6.72. The Bertz CT molecular complexity index is 457. The largest absolute Gasteiger partial charge is 0.199 e. The predicted molar refractivity (Wildman–Crippen MR) is 104 cm³/mol. The molecular weight excluding hydrogens is 309 g/mol. The molecule has 0 unspecified atom stereocenters. The second-order valence-electron chi connectivity index (χ2n) is 8.39. The molecule has 2 aliphatic rings. The van der Waals surface area contributed by atoms with Crippen molar-refractivity contribution in [1.82, 2.24) is 0 Å². The van der Waals surface area contributed by atoms with Gasteiger partial charge in [0, 0.05) is 0 Å². The number of nitriles is 1. The second-order valence-corrected chi connectivity index (χ2v) is 8.39. The van der Waals surface area contributed by atoms with Crippen molar-refractivity contribution < 1.29 is 4.39 Å². The van der Waals surface area contributed by atoms with E-state index in [0.29, 0.717) is 0 Å². The summed E-state index contributed by atoms with van der Waals surface area (Å²) in [6.07, 6.45) is 23.0. The van der Waals surface area contributed by atoms with E-state index in [9.17, 15) is 4.39 Å². The van der Waals surface area contributed by atoms with E-state index in [1.165, 1.54) is 89.2 Å². The molecule has 140 valence electrons. The summed E-state index contributed by atoms with van der Waals surface area (Å²) in [5.41, 5.74) is 0.